The van der Waals surface area contributed by atoms with Crippen molar-refractivity contribution in [3.63, 3.8) is 0 Å². The van der Waals surface area contributed by atoms with Gasteiger partial charge in [0.05, 0.1) is 22.6 Å². The molecule has 4 aromatic rings. The third-order valence-corrected chi connectivity index (χ3v) is 6.71. The van der Waals surface area contributed by atoms with Gasteiger partial charge in [-0.05, 0) is 61.5 Å². The first kappa shape index (κ1) is 21.9. The van der Waals surface area contributed by atoms with E-state index in [0.717, 1.165) is 15.1 Å². The first-order chi connectivity index (χ1) is 15.5. The highest BCUT2D eigenvalue weighted by molar-refractivity contribution is 8.00. The number of aromatic nitrogens is 1. The molecule has 1 atom stereocenters. The van der Waals surface area contributed by atoms with Crippen molar-refractivity contribution in [2.24, 2.45) is 0 Å². The number of para-hydroxylation sites is 1. The van der Waals surface area contributed by atoms with Crippen LogP contribution in [0.25, 0.3) is 10.2 Å². The van der Waals surface area contributed by atoms with Crippen LogP contribution in [0.3, 0.4) is 0 Å². The minimum atomic E-state index is -0.306. The summed E-state index contributed by atoms with van der Waals surface area (Å²) in [4.78, 5) is 30.4. The number of hydrogen-bond donors (Lipinski definition) is 2. The molecular weight excluding hydrogens is 442 g/mol. The van der Waals surface area contributed by atoms with Crippen LogP contribution in [0.5, 0.6) is 5.75 Å². The lowest BCUT2D eigenvalue weighted by atomic mass is 10.2. The van der Waals surface area contributed by atoms with Crippen LogP contribution >= 0.6 is 23.1 Å². The molecule has 0 radical (unpaired) electrons. The largest absolute Gasteiger partial charge is 0.497 e. The number of hydrogen-bond acceptors (Lipinski definition) is 6. The number of rotatable bonds is 7. The summed E-state index contributed by atoms with van der Waals surface area (Å²) in [6.45, 7) is 1.85. The molecule has 0 aliphatic carbocycles. The van der Waals surface area contributed by atoms with Crippen molar-refractivity contribution in [2.75, 3.05) is 17.7 Å². The molecule has 0 fully saturated rings. The van der Waals surface area contributed by atoms with Crippen LogP contribution in [0, 0.1) is 0 Å². The first-order valence-corrected chi connectivity index (χ1v) is 11.6. The Morgan fingerprint density at radius 2 is 1.78 bits per heavy atom. The molecule has 2 N–H and O–H groups in total. The van der Waals surface area contributed by atoms with Gasteiger partial charge in [0.25, 0.3) is 5.91 Å². The van der Waals surface area contributed by atoms with Crippen LogP contribution in [-0.2, 0) is 4.79 Å². The third kappa shape index (κ3) is 5.27. The van der Waals surface area contributed by atoms with Gasteiger partial charge >= 0.3 is 0 Å². The minimum Gasteiger partial charge on any atom is -0.497 e. The van der Waals surface area contributed by atoms with Gasteiger partial charge in [0, 0.05) is 16.1 Å². The smallest absolute Gasteiger partial charge is 0.255 e. The predicted octanol–water partition coefficient (Wildman–Crippen LogP) is 5.68. The maximum Gasteiger partial charge on any atom is 0.255 e. The van der Waals surface area contributed by atoms with Crippen molar-refractivity contribution in [1.29, 1.82) is 0 Å². The van der Waals surface area contributed by atoms with Crippen LogP contribution in [0.15, 0.2) is 77.7 Å². The second kappa shape index (κ2) is 9.84. The molecule has 0 saturated carbocycles. The molecule has 1 aromatic heterocycles. The zero-order valence-electron chi connectivity index (χ0n) is 17.5. The summed E-state index contributed by atoms with van der Waals surface area (Å²) < 4.78 is 6.20. The van der Waals surface area contributed by atoms with Crippen molar-refractivity contribution < 1.29 is 14.3 Å². The van der Waals surface area contributed by atoms with E-state index < -0.39 is 0 Å². The van der Waals surface area contributed by atoms with Gasteiger partial charge in [0.15, 0.2) is 5.13 Å². The topological polar surface area (TPSA) is 80.3 Å². The van der Waals surface area contributed by atoms with E-state index in [2.05, 4.69) is 15.6 Å². The van der Waals surface area contributed by atoms with Gasteiger partial charge in [0.2, 0.25) is 5.91 Å². The molecule has 0 saturated heterocycles. The summed E-state index contributed by atoms with van der Waals surface area (Å²) in [5, 5.41) is 6.06. The van der Waals surface area contributed by atoms with E-state index in [1.165, 1.54) is 23.1 Å². The van der Waals surface area contributed by atoms with Crippen LogP contribution in [0.4, 0.5) is 10.8 Å². The van der Waals surface area contributed by atoms with E-state index in [1.54, 1.807) is 31.4 Å². The number of nitrogens with one attached hydrogen (secondary N) is 2. The number of carbonyl (C=O) groups is 2. The van der Waals surface area contributed by atoms with Crippen LogP contribution in [0.2, 0.25) is 0 Å². The van der Waals surface area contributed by atoms with E-state index in [0.29, 0.717) is 22.1 Å². The molecule has 162 valence electrons. The number of anilines is 2. The Morgan fingerprint density at radius 1 is 1.00 bits per heavy atom. The van der Waals surface area contributed by atoms with Gasteiger partial charge in [-0.1, -0.05) is 29.5 Å². The summed E-state index contributed by atoms with van der Waals surface area (Å²) in [5.74, 6) is 0.305. The molecule has 2 amide bonds. The van der Waals surface area contributed by atoms with E-state index in [9.17, 15) is 9.59 Å². The number of methoxy groups -OCH3 is 1. The summed E-state index contributed by atoms with van der Waals surface area (Å²) in [6.07, 6.45) is 0. The van der Waals surface area contributed by atoms with Crippen molar-refractivity contribution in [1.82, 2.24) is 4.98 Å². The van der Waals surface area contributed by atoms with Crippen LogP contribution < -0.4 is 15.4 Å². The highest BCUT2D eigenvalue weighted by Gasteiger charge is 2.16. The zero-order valence-corrected chi connectivity index (χ0v) is 19.1. The molecule has 0 spiro atoms. The van der Waals surface area contributed by atoms with E-state index in [-0.39, 0.29) is 17.1 Å². The number of benzene rings is 3. The monoisotopic (exact) mass is 463 g/mol. The normalized spacial score (nSPS) is 11.7. The first-order valence-electron chi connectivity index (χ1n) is 9.90. The highest BCUT2D eigenvalue weighted by atomic mass is 32.2. The van der Waals surface area contributed by atoms with E-state index in [1.807, 2.05) is 55.5 Å². The predicted molar refractivity (Wildman–Crippen MR) is 131 cm³/mol. The van der Waals surface area contributed by atoms with E-state index in [4.69, 9.17) is 4.74 Å². The number of thioether (sulfide) groups is 1. The SMILES string of the molecule is COc1cccc(C(=O)Nc2ccc(SC(C)C(=O)Nc3nc4ccccc4s3)cc2)c1. The Kier molecular flexibility index (Phi) is 6.72. The fourth-order valence-corrected chi connectivity index (χ4v) is 4.71. The molecule has 1 unspecified atom stereocenters. The van der Waals surface area contributed by atoms with Gasteiger partial charge in [0.1, 0.15) is 5.75 Å². The molecule has 32 heavy (non-hydrogen) atoms. The molecule has 3 aromatic carbocycles. The zero-order chi connectivity index (χ0) is 22.5. The molecule has 6 nitrogen and oxygen atoms in total. The minimum absolute atomic E-state index is 0.107. The van der Waals surface area contributed by atoms with E-state index >= 15 is 0 Å². The number of fused-ring (bicyclic) bond motifs is 1. The third-order valence-electron chi connectivity index (χ3n) is 4.65. The van der Waals surface area contributed by atoms with Gasteiger partial charge in [-0.15, -0.1) is 11.8 Å². The molecule has 0 aliphatic heterocycles. The van der Waals surface area contributed by atoms with Gasteiger partial charge in [-0.25, -0.2) is 4.98 Å². The quantitative estimate of drug-likeness (QED) is 0.345. The average molecular weight is 464 g/mol. The number of thiazole rings is 1. The lowest BCUT2D eigenvalue weighted by Gasteiger charge is -2.11. The van der Waals surface area contributed by atoms with Crippen molar-refractivity contribution in [3.05, 3.63) is 78.4 Å². The Bertz CT molecular complexity index is 1220. The summed E-state index contributed by atoms with van der Waals surface area (Å²) in [6, 6.07) is 22.2. The summed E-state index contributed by atoms with van der Waals surface area (Å²) in [7, 11) is 1.56. The van der Waals surface area contributed by atoms with Gasteiger partial charge < -0.3 is 15.4 Å². The molecular formula is C24H21N3O3S2. The number of amides is 2. The Morgan fingerprint density at radius 3 is 2.53 bits per heavy atom. The fraction of sp³-hybridized carbons (Fsp3) is 0.125. The molecule has 0 bridgehead atoms. The Balaban J connectivity index is 1.34. The Labute approximate surface area is 194 Å². The number of ether oxygens (including phenoxy) is 1. The second-order valence-electron chi connectivity index (χ2n) is 6.95. The van der Waals surface area contributed by atoms with Crippen molar-refractivity contribution in [2.45, 2.75) is 17.1 Å². The number of nitrogens with zero attached hydrogens (tertiary/aromatic N) is 1. The highest BCUT2D eigenvalue weighted by Crippen LogP contribution is 2.28. The Hall–Kier alpha value is -3.36. The van der Waals surface area contributed by atoms with Crippen LogP contribution in [0.1, 0.15) is 17.3 Å². The lowest BCUT2D eigenvalue weighted by Crippen LogP contribution is -2.22. The molecule has 8 heteroatoms. The van der Waals surface area contributed by atoms with Crippen molar-refractivity contribution >= 4 is 55.9 Å². The lowest BCUT2D eigenvalue weighted by molar-refractivity contribution is -0.115. The maximum absolute atomic E-state index is 12.6. The summed E-state index contributed by atoms with van der Waals surface area (Å²) >= 11 is 2.90. The van der Waals surface area contributed by atoms with Crippen LogP contribution in [-0.4, -0.2) is 29.2 Å². The number of carbonyl (C=O) groups excluding carboxylic acids is 2. The van der Waals surface area contributed by atoms with Gasteiger partial charge in [-0.2, -0.15) is 0 Å². The second-order valence-corrected chi connectivity index (χ2v) is 9.39. The standard InChI is InChI=1S/C24H21N3O3S2/c1-15(22(28)27-24-26-20-8-3-4-9-21(20)32-24)31-19-12-10-17(11-13-19)25-23(29)16-6-5-7-18(14-16)30-2/h3-15H,1-2H3,(H,25,29)(H,26,27,28). The van der Waals surface area contributed by atoms with Gasteiger partial charge in [-0.3, -0.25) is 9.59 Å². The average Bonchev–Trinajstić information content (AvgIpc) is 3.22. The molecule has 0 aliphatic rings. The van der Waals surface area contributed by atoms with Crippen molar-refractivity contribution in [3.8, 4) is 5.75 Å². The summed E-state index contributed by atoms with van der Waals surface area (Å²) in [5.41, 5.74) is 2.07. The molecule has 1 heterocycles. The maximum atomic E-state index is 12.6. The fourth-order valence-electron chi connectivity index (χ4n) is 2.97. The molecule has 4 rings (SSSR count).